The van der Waals surface area contributed by atoms with Gasteiger partial charge in [-0.3, -0.25) is 0 Å². The summed E-state index contributed by atoms with van der Waals surface area (Å²) in [5.41, 5.74) is 0.221. The molecule has 0 aromatic rings. The molecule has 0 fully saturated rings. The molecule has 0 spiro atoms. The number of unbranched alkanes of at least 4 members (excludes halogenated alkanes) is 9. The van der Waals surface area contributed by atoms with Crippen molar-refractivity contribution in [2.24, 2.45) is 5.92 Å². The molecule has 0 aliphatic heterocycles. The lowest BCUT2D eigenvalue weighted by Crippen LogP contribution is -2.36. The molecule has 0 amide bonds. The summed E-state index contributed by atoms with van der Waals surface area (Å²) in [5.74, 6) is 0.755. The predicted molar refractivity (Wildman–Crippen MR) is 131 cm³/mol. The zero-order valence-corrected chi connectivity index (χ0v) is 22.7. The Bertz CT molecular complexity index is 309. The van der Waals surface area contributed by atoms with E-state index in [-0.39, 0.29) is 21.2 Å². The summed E-state index contributed by atoms with van der Waals surface area (Å²) in [6.07, 6.45) is 20.7. The minimum absolute atomic E-state index is 0.192. The van der Waals surface area contributed by atoms with Gasteiger partial charge >= 0.3 is 15.6 Å². The highest BCUT2D eigenvalue weighted by Gasteiger charge is 2.30. The van der Waals surface area contributed by atoms with Crippen LogP contribution < -0.4 is 0 Å². The van der Waals surface area contributed by atoms with Gasteiger partial charge in [0, 0.05) is 5.60 Å². The molecular formula is C25H52Al2O. The van der Waals surface area contributed by atoms with E-state index >= 15 is 0 Å². The van der Waals surface area contributed by atoms with Crippen LogP contribution in [0.1, 0.15) is 131 Å². The molecule has 0 saturated heterocycles. The molecule has 3 heteroatoms. The van der Waals surface area contributed by atoms with Crippen molar-refractivity contribution in [3.63, 3.8) is 0 Å². The summed E-state index contributed by atoms with van der Waals surface area (Å²) in [7, 11) is 0. The summed E-state index contributed by atoms with van der Waals surface area (Å²) >= 11 is 0.832. The van der Waals surface area contributed by atoms with Gasteiger partial charge in [-0.05, 0) is 25.2 Å². The standard InChI is InChI=1S/C13H26O.2C6H13.2Al/c1-5-7-8-9-10-13(14,6-2)11-12(3)4;2*1-3-5-6-4-2;;/h12H,2,5-11H2,1,3-4H3;2*1,3-6H2,2H3;;/q-1;;;;+1. The van der Waals surface area contributed by atoms with E-state index in [1.54, 1.807) is 0 Å². The fourth-order valence-corrected chi connectivity index (χ4v) is 7.08. The van der Waals surface area contributed by atoms with Gasteiger partial charge in [-0.1, -0.05) is 117 Å². The predicted octanol–water partition coefficient (Wildman–Crippen LogP) is 8.89. The largest absolute Gasteiger partial charge is 0.502 e. The first-order valence-electron chi connectivity index (χ1n) is 12.9. The van der Waals surface area contributed by atoms with Gasteiger partial charge in [0.1, 0.15) is 0 Å². The molecule has 2 radical (unpaired) electrons. The highest BCUT2D eigenvalue weighted by molar-refractivity contribution is 6.35. The number of hydrogen-bond acceptors (Lipinski definition) is 1. The van der Waals surface area contributed by atoms with Crippen molar-refractivity contribution in [2.45, 2.75) is 152 Å². The first-order chi connectivity index (χ1) is 13.6. The Labute approximate surface area is 192 Å². The molecule has 0 bridgehead atoms. The van der Waals surface area contributed by atoms with Crippen molar-refractivity contribution in [3.05, 3.63) is 0 Å². The molecule has 1 atom stereocenters. The van der Waals surface area contributed by atoms with E-state index < -0.39 is 0 Å². The van der Waals surface area contributed by atoms with E-state index in [0.717, 1.165) is 5.92 Å². The molecule has 1 unspecified atom stereocenters. The topological polar surface area (TPSA) is 9.23 Å². The minimum Gasteiger partial charge on any atom is -0.502 e. The average Bonchev–Trinajstić information content (AvgIpc) is 2.67. The van der Waals surface area contributed by atoms with Gasteiger partial charge < -0.3 is 3.79 Å². The molecule has 0 aliphatic rings. The van der Waals surface area contributed by atoms with Crippen LogP contribution in [0.2, 0.25) is 15.8 Å². The molecule has 0 heterocycles. The van der Waals surface area contributed by atoms with Crippen LogP contribution >= 0.6 is 0 Å². The van der Waals surface area contributed by atoms with Crippen LogP contribution in [0.25, 0.3) is 0 Å². The fourth-order valence-electron chi connectivity index (χ4n) is 4.23. The van der Waals surface area contributed by atoms with E-state index in [2.05, 4.69) is 34.6 Å². The van der Waals surface area contributed by atoms with Crippen molar-refractivity contribution >= 4 is 30.8 Å². The zero-order valence-electron chi connectivity index (χ0n) is 20.4. The van der Waals surface area contributed by atoms with Gasteiger partial charge in [0.15, 0.2) is 15.2 Å². The summed E-state index contributed by atoms with van der Waals surface area (Å²) in [6, 6.07) is 0. The van der Waals surface area contributed by atoms with E-state index in [1.165, 1.54) is 112 Å². The fraction of sp³-hybridized carbons (Fsp3) is 1.00. The molecule has 0 N–H and O–H groups in total. The first kappa shape index (κ1) is 29.0. The highest BCUT2D eigenvalue weighted by Crippen LogP contribution is 2.33. The Morgan fingerprint density at radius 1 is 0.643 bits per heavy atom. The average molecular weight is 423 g/mol. The molecular weight excluding hydrogens is 370 g/mol. The lowest BCUT2D eigenvalue weighted by atomic mass is 9.85. The third-order valence-corrected chi connectivity index (χ3v) is 8.66. The normalized spacial score (nSPS) is 13.6. The van der Waals surface area contributed by atoms with Crippen LogP contribution in [0.15, 0.2) is 0 Å². The van der Waals surface area contributed by atoms with E-state index in [4.69, 9.17) is 3.79 Å². The third-order valence-electron chi connectivity index (χ3n) is 5.84. The quantitative estimate of drug-likeness (QED) is 0.125. The van der Waals surface area contributed by atoms with Crippen LogP contribution in [-0.4, -0.2) is 36.4 Å². The lowest BCUT2D eigenvalue weighted by molar-refractivity contribution is 0.0344. The first-order valence-corrected chi connectivity index (χ1v) is 15.8. The van der Waals surface area contributed by atoms with Crippen LogP contribution in [0.5, 0.6) is 0 Å². The molecule has 164 valence electrons. The van der Waals surface area contributed by atoms with Crippen molar-refractivity contribution < 1.29 is 3.79 Å². The molecule has 1 nitrogen and oxygen atoms in total. The maximum Gasteiger partial charge on any atom is 0.423 e. The number of rotatable bonds is 22. The van der Waals surface area contributed by atoms with Gasteiger partial charge in [0.2, 0.25) is 0 Å². The van der Waals surface area contributed by atoms with Gasteiger partial charge in [-0.15, -0.1) is 10.6 Å². The van der Waals surface area contributed by atoms with Gasteiger partial charge in [-0.25, -0.2) is 0 Å². The Morgan fingerprint density at radius 3 is 1.79 bits per heavy atom. The second kappa shape index (κ2) is 21.3. The molecule has 0 aromatic carbocycles. The molecule has 0 saturated carbocycles. The van der Waals surface area contributed by atoms with Gasteiger partial charge in [0.05, 0.1) is 0 Å². The Hall–Kier alpha value is 1.02. The molecule has 0 aromatic heterocycles. The molecule has 28 heavy (non-hydrogen) atoms. The minimum atomic E-state index is 0.192. The Balaban J connectivity index is 4.51. The highest BCUT2D eigenvalue weighted by atomic mass is 27.1. The van der Waals surface area contributed by atoms with E-state index in [9.17, 15) is 0 Å². The van der Waals surface area contributed by atoms with Crippen molar-refractivity contribution in [3.8, 4) is 0 Å². The number of hydrogen-bond donors (Lipinski definition) is 0. The summed E-state index contributed by atoms with van der Waals surface area (Å²) in [5, 5.41) is 4.32. The Morgan fingerprint density at radius 2 is 1.21 bits per heavy atom. The van der Waals surface area contributed by atoms with Gasteiger partial charge in [0.25, 0.3) is 0 Å². The van der Waals surface area contributed by atoms with Crippen molar-refractivity contribution in [1.29, 1.82) is 0 Å². The van der Waals surface area contributed by atoms with E-state index in [0.29, 0.717) is 15.2 Å². The second-order valence-corrected chi connectivity index (χ2v) is 12.3. The van der Waals surface area contributed by atoms with Crippen molar-refractivity contribution in [2.75, 3.05) is 0 Å². The van der Waals surface area contributed by atoms with Crippen molar-refractivity contribution in [1.82, 2.24) is 0 Å². The smallest absolute Gasteiger partial charge is 0.423 e. The third kappa shape index (κ3) is 17.8. The monoisotopic (exact) mass is 422 g/mol. The summed E-state index contributed by atoms with van der Waals surface area (Å²) in [6.45, 7) is 11.7. The lowest BCUT2D eigenvalue weighted by Gasteiger charge is -2.38. The van der Waals surface area contributed by atoms with Crippen LogP contribution in [0.3, 0.4) is 0 Å². The second-order valence-electron chi connectivity index (χ2n) is 9.40. The van der Waals surface area contributed by atoms with Crippen LogP contribution in [-0.2, 0) is 3.79 Å². The van der Waals surface area contributed by atoms with Gasteiger partial charge in [-0.2, -0.15) is 0 Å². The maximum absolute atomic E-state index is 6.84. The zero-order chi connectivity index (χ0) is 20.9. The van der Waals surface area contributed by atoms with E-state index in [1.807, 2.05) is 0 Å². The Kier molecular flexibility index (Phi) is 22.0. The maximum atomic E-state index is 6.84. The summed E-state index contributed by atoms with van der Waals surface area (Å²) < 4.78 is 6.84. The molecule has 0 aliphatic carbocycles. The van der Waals surface area contributed by atoms with Crippen LogP contribution in [0.4, 0.5) is 0 Å². The van der Waals surface area contributed by atoms with Crippen LogP contribution in [0, 0.1) is 5.92 Å². The SMILES string of the molecule is CCCCC[CH2][Al][CH2]CC(CCCCCC)(CC(C)C)[O][Al][CH2]CCCCC. The summed E-state index contributed by atoms with van der Waals surface area (Å²) in [4.78, 5) is 0. The molecule has 0 rings (SSSR count).